The van der Waals surface area contributed by atoms with Crippen LogP contribution in [-0.4, -0.2) is 60.8 Å². The molecule has 10 heteroatoms. The molecule has 0 spiro atoms. The number of piperidine rings is 1. The lowest BCUT2D eigenvalue weighted by atomic mass is 9.72. The molecule has 46 heavy (non-hydrogen) atoms. The van der Waals surface area contributed by atoms with E-state index in [1.165, 1.54) is 13.2 Å². The van der Waals surface area contributed by atoms with E-state index in [1.54, 1.807) is 17.0 Å². The average Bonchev–Trinajstić information content (AvgIpc) is 3.09. The predicted octanol–water partition coefficient (Wildman–Crippen LogP) is 5.08. The Morgan fingerprint density at radius 3 is 2.57 bits per heavy atom. The maximum Gasteiger partial charge on any atom is 0.406 e. The van der Waals surface area contributed by atoms with Crippen molar-refractivity contribution in [1.82, 2.24) is 10.2 Å². The van der Waals surface area contributed by atoms with Crippen molar-refractivity contribution >= 4 is 18.0 Å². The van der Waals surface area contributed by atoms with Gasteiger partial charge in [-0.25, -0.2) is 9.18 Å². The first kappa shape index (κ1) is 34.6. The molecule has 2 amide bonds. The fraction of sp³-hybridized carbons (Fsp3) is 0.417. The van der Waals surface area contributed by atoms with Crippen molar-refractivity contribution in [2.45, 2.75) is 63.7 Å². The molecule has 0 aliphatic carbocycles. The van der Waals surface area contributed by atoms with Crippen LogP contribution in [0, 0.1) is 11.7 Å². The Bertz CT molecular complexity index is 1490. The van der Waals surface area contributed by atoms with Crippen LogP contribution in [0.2, 0.25) is 0 Å². The van der Waals surface area contributed by atoms with Crippen molar-refractivity contribution in [1.29, 1.82) is 0 Å². The standard InChI is InChI=1S/C36H44FN3O6/c1-3-25-13-7-14-27(21-25)33-29(16-8-17-30(33)37)36(44,18-10-19-39-35(43)45-2)28-15-9-20-40(23-28)32(41)22-31(38)34(42)46-24-26-11-5-4-6-12-26/h4-8,11-14,16-17,21,28,31,44H,3,9-10,15,18-20,22-24,38H2,1-2H3,(H,39,43)/t28-,31+,36?/m1/s1. The van der Waals surface area contributed by atoms with Crippen LogP contribution >= 0.6 is 0 Å². The number of benzene rings is 3. The Labute approximate surface area is 269 Å². The van der Waals surface area contributed by atoms with Gasteiger partial charge in [-0.15, -0.1) is 0 Å². The van der Waals surface area contributed by atoms with Crippen LogP contribution < -0.4 is 11.1 Å². The first-order valence-electron chi connectivity index (χ1n) is 15.8. The zero-order valence-corrected chi connectivity index (χ0v) is 26.5. The molecule has 9 nitrogen and oxygen atoms in total. The van der Waals surface area contributed by atoms with Crippen molar-refractivity contribution in [3.05, 3.63) is 95.3 Å². The molecule has 0 bridgehead atoms. The van der Waals surface area contributed by atoms with Crippen molar-refractivity contribution < 1.29 is 33.4 Å². The second kappa shape index (κ2) is 16.3. The number of likely N-dealkylation sites (tertiary alicyclic amines) is 1. The summed E-state index contributed by atoms with van der Waals surface area (Å²) in [6.45, 7) is 2.95. The van der Waals surface area contributed by atoms with Gasteiger partial charge in [-0.05, 0) is 60.4 Å². The lowest BCUT2D eigenvalue weighted by Crippen LogP contribution is -2.50. The van der Waals surface area contributed by atoms with E-state index >= 15 is 4.39 Å². The normalized spacial score (nSPS) is 16.6. The number of alkyl carbamates (subject to hydrolysis) is 1. The molecule has 3 aromatic rings. The van der Waals surface area contributed by atoms with Gasteiger partial charge in [-0.3, -0.25) is 9.59 Å². The van der Waals surface area contributed by atoms with E-state index in [0.717, 1.165) is 17.5 Å². The highest BCUT2D eigenvalue weighted by Gasteiger charge is 2.43. The molecule has 1 saturated heterocycles. The molecule has 0 saturated carbocycles. The van der Waals surface area contributed by atoms with E-state index in [0.29, 0.717) is 42.5 Å². The Morgan fingerprint density at radius 1 is 1.09 bits per heavy atom. The number of halogens is 1. The number of rotatable bonds is 13. The number of hydrogen-bond donors (Lipinski definition) is 3. The maximum absolute atomic E-state index is 15.7. The highest BCUT2D eigenvalue weighted by atomic mass is 19.1. The van der Waals surface area contributed by atoms with Crippen molar-refractivity contribution in [2.24, 2.45) is 11.7 Å². The summed E-state index contributed by atoms with van der Waals surface area (Å²) in [6.07, 6.45) is 1.70. The number of ether oxygens (including phenoxy) is 2. The molecule has 1 aliphatic heterocycles. The summed E-state index contributed by atoms with van der Waals surface area (Å²) in [5.41, 5.74) is 7.78. The summed E-state index contributed by atoms with van der Waals surface area (Å²) in [6, 6.07) is 20.4. The number of aryl methyl sites for hydroxylation is 1. The summed E-state index contributed by atoms with van der Waals surface area (Å²) in [5, 5.41) is 15.3. The fourth-order valence-electron chi connectivity index (χ4n) is 6.13. The number of nitrogens with zero attached hydrogens (tertiary/aromatic N) is 1. The largest absolute Gasteiger partial charge is 0.460 e. The van der Waals surface area contributed by atoms with Crippen LogP contribution in [0.1, 0.15) is 55.7 Å². The molecule has 0 radical (unpaired) electrons. The van der Waals surface area contributed by atoms with Gasteiger partial charge >= 0.3 is 12.1 Å². The van der Waals surface area contributed by atoms with Gasteiger partial charge in [0.25, 0.3) is 0 Å². The molecule has 4 N–H and O–H groups in total. The second-order valence-corrected chi connectivity index (χ2v) is 11.7. The average molecular weight is 634 g/mol. The minimum absolute atomic E-state index is 0.0579. The first-order valence-corrected chi connectivity index (χ1v) is 15.8. The molecule has 3 aromatic carbocycles. The molecule has 1 unspecified atom stereocenters. The number of nitrogens with two attached hydrogens (primary N) is 1. The van der Waals surface area contributed by atoms with Gasteiger partial charge in [0.2, 0.25) is 5.91 Å². The number of carbonyl (C=O) groups is 3. The Morgan fingerprint density at radius 2 is 1.83 bits per heavy atom. The van der Waals surface area contributed by atoms with E-state index in [2.05, 4.69) is 10.1 Å². The van der Waals surface area contributed by atoms with E-state index in [9.17, 15) is 19.5 Å². The predicted molar refractivity (Wildman–Crippen MR) is 173 cm³/mol. The van der Waals surface area contributed by atoms with E-state index in [4.69, 9.17) is 10.5 Å². The molecule has 1 aliphatic rings. The topological polar surface area (TPSA) is 131 Å². The Kier molecular flexibility index (Phi) is 12.3. The molecular weight excluding hydrogens is 589 g/mol. The van der Waals surface area contributed by atoms with Gasteiger partial charge in [-0.2, -0.15) is 0 Å². The third-order valence-electron chi connectivity index (χ3n) is 8.66. The van der Waals surface area contributed by atoms with Crippen LogP contribution in [0.25, 0.3) is 11.1 Å². The van der Waals surface area contributed by atoms with Crippen LogP contribution in [0.4, 0.5) is 9.18 Å². The summed E-state index contributed by atoms with van der Waals surface area (Å²) in [5.74, 6) is -1.90. The fourth-order valence-corrected chi connectivity index (χ4v) is 6.13. The lowest BCUT2D eigenvalue weighted by Gasteiger charge is -2.44. The summed E-state index contributed by atoms with van der Waals surface area (Å²) in [4.78, 5) is 39.3. The second-order valence-electron chi connectivity index (χ2n) is 11.7. The van der Waals surface area contributed by atoms with Crippen molar-refractivity contribution in [3.8, 4) is 11.1 Å². The lowest BCUT2D eigenvalue weighted by molar-refractivity contribution is -0.150. The highest BCUT2D eigenvalue weighted by Crippen LogP contribution is 2.44. The van der Waals surface area contributed by atoms with Gasteiger partial charge in [0.05, 0.1) is 19.1 Å². The minimum Gasteiger partial charge on any atom is -0.460 e. The highest BCUT2D eigenvalue weighted by molar-refractivity contribution is 5.85. The maximum atomic E-state index is 15.7. The molecule has 246 valence electrons. The molecule has 1 fully saturated rings. The number of hydrogen-bond acceptors (Lipinski definition) is 7. The number of esters is 1. The number of methoxy groups -OCH3 is 1. The first-order chi connectivity index (χ1) is 22.2. The number of nitrogens with one attached hydrogen (secondary N) is 1. The zero-order chi connectivity index (χ0) is 33.1. The van der Waals surface area contributed by atoms with E-state index in [1.807, 2.05) is 61.5 Å². The molecular formula is C36H44FN3O6. The van der Waals surface area contributed by atoms with Crippen molar-refractivity contribution in [3.63, 3.8) is 0 Å². The Balaban J connectivity index is 1.56. The van der Waals surface area contributed by atoms with Crippen LogP contribution in [0.15, 0.2) is 72.8 Å². The molecule has 4 rings (SSSR count). The van der Waals surface area contributed by atoms with Gasteiger partial charge in [-0.1, -0.05) is 73.7 Å². The van der Waals surface area contributed by atoms with Gasteiger partial charge in [0, 0.05) is 31.1 Å². The molecule has 1 heterocycles. The number of carbonyl (C=O) groups excluding carboxylic acids is 3. The third-order valence-corrected chi connectivity index (χ3v) is 8.66. The monoisotopic (exact) mass is 633 g/mol. The zero-order valence-electron chi connectivity index (χ0n) is 26.5. The Hall–Kier alpha value is -4.28. The summed E-state index contributed by atoms with van der Waals surface area (Å²) < 4.78 is 25.7. The van der Waals surface area contributed by atoms with Crippen molar-refractivity contribution in [2.75, 3.05) is 26.7 Å². The smallest absolute Gasteiger partial charge is 0.406 e. The van der Waals surface area contributed by atoms with Gasteiger partial charge in [0.15, 0.2) is 0 Å². The van der Waals surface area contributed by atoms with Crippen LogP contribution in [0.3, 0.4) is 0 Å². The number of amides is 2. The van der Waals surface area contributed by atoms with Crippen LogP contribution in [0.5, 0.6) is 0 Å². The summed E-state index contributed by atoms with van der Waals surface area (Å²) in [7, 11) is 1.28. The van der Waals surface area contributed by atoms with Crippen LogP contribution in [-0.2, 0) is 37.7 Å². The summed E-state index contributed by atoms with van der Waals surface area (Å²) >= 11 is 0. The number of aliphatic hydroxyl groups is 1. The van der Waals surface area contributed by atoms with E-state index in [-0.39, 0.29) is 38.4 Å². The van der Waals surface area contributed by atoms with Gasteiger partial charge in [0.1, 0.15) is 18.5 Å². The van der Waals surface area contributed by atoms with Gasteiger partial charge < -0.3 is 30.5 Å². The SMILES string of the molecule is CCc1cccc(-c2c(F)cccc2C(O)(CCCNC(=O)OC)[C@@H]2CCCN(C(=O)C[C@H](N)C(=O)OCc3ccccc3)C2)c1. The molecule has 0 aromatic heterocycles. The minimum atomic E-state index is -1.55. The van der Waals surface area contributed by atoms with E-state index < -0.39 is 35.4 Å². The third kappa shape index (κ3) is 8.70. The quantitative estimate of drug-likeness (QED) is 0.177. The molecule has 3 atom stereocenters.